The molecule has 1 rings (SSSR count). The second-order valence-electron chi connectivity index (χ2n) is 4.70. The molecule has 1 amide bonds. The molecule has 0 fully saturated rings. The Morgan fingerprint density at radius 2 is 1.89 bits per heavy atom. The Morgan fingerprint density at radius 1 is 1.28 bits per heavy atom. The molecule has 0 spiro atoms. The lowest BCUT2D eigenvalue weighted by Gasteiger charge is -2.25. The fourth-order valence-electron chi connectivity index (χ4n) is 1.51. The van der Waals surface area contributed by atoms with Crippen molar-refractivity contribution in [1.82, 2.24) is 5.32 Å². The van der Waals surface area contributed by atoms with Crippen LogP contribution < -0.4 is 5.32 Å². The first-order chi connectivity index (χ1) is 8.35. The molecule has 3 N–H and O–H groups in total. The highest BCUT2D eigenvalue weighted by Crippen LogP contribution is 2.11. The predicted octanol–water partition coefficient (Wildman–Crippen LogP) is 1.28. The number of carbonyl (C=O) groups is 2. The van der Waals surface area contributed by atoms with Crippen LogP contribution in [0.2, 0.25) is 0 Å². The van der Waals surface area contributed by atoms with E-state index in [2.05, 4.69) is 5.32 Å². The Morgan fingerprint density at radius 3 is 2.44 bits per heavy atom. The number of aromatic carboxylic acids is 1. The molecule has 0 atom stereocenters. The van der Waals surface area contributed by atoms with E-state index < -0.39 is 11.5 Å². The molecule has 0 aliphatic heterocycles. The second-order valence-corrected chi connectivity index (χ2v) is 4.70. The van der Waals surface area contributed by atoms with Gasteiger partial charge in [-0.25, -0.2) is 4.79 Å². The monoisotopic (exact) mass is 251 g/mol. The maximum Gasteiger partial charge on any atom is 0.335 e. The summed E-state index contributed by atoms with van der Waals surface area (Å²) in [4.78, 5) is 22.7. The minimum Gasteiger partial charge on any atom is -0.478 e. The van der Waals surface area contributed by atoms with Crippen molar-refractivity contribution in [2.24, 2.45) is 0 Å². The molecule has 1 aromatic rings. The molecule has 5 heteroatoms. The van der Waals surface area contributed by atoms with Crippen LogP contribution in [-0.2, 0) is 0 Å². The summed E-state index contributed by atoms with van der Waals surface area (Å²) in [6.07, 6.45) is 0.428. The maximum absolute atomic E-state index is 11.9. The third kappa shape index (κ3) is 3.85. The van der Waals surface area contributed by atoms with Gasteiger partial charge in [0.05, 0.1) is 5.56 Å². The average molecular weight is 251 g/mol. The van der Waals surface area contributed by atoms with Crippen molar-refractivity contribution in [3.63, 3.8) is 0 Å². The molecule has 0 aliphatic rings. The fourth-order valence-corrected chi connectivity index (χ4v) is 1.51. The van der Waals surface area contributed by atoms with Crippen molar-refractivity contribution in [3.8, 4) is 0 Å². The van der Waals surface area contributed by atoms with Crippen LogP contribution in [0.1, 0.15) is 41.0 Å². The molecule has 0 unspecified atom stereocenters. The van der Waals surface area contributed by atoms with Gasteiger partial charge >= 0.3 is 5.97 Å². The highest BCUT2D eigenvalue weighted by Gasteiger charge is 2.20. The van der Waals surface area contributed by atoms with Crippen LogP contribution in [0, 0.1) is 0 Å². The van der Waals surface area contributed by atoms with Crippen LogP contribution in [-0.4, -0.2) is 34.2 Å². The molecule has 0 saturated carbocycles. The van der Waals surface area contributed by atoms with E-state index in [4.69, 9.17) is 10.2 Å². The van der Waals surface area contributed by atoms with Crippen molar-refractivity contribution in [3.05, 3.63) is 35.4 Å². The number of hydrogen-bond donors (Lipinski definition) is 3. The third-order valence-electron chi connectivity index (χ3n) is 2.56. The molecule has 0 aromatic heterocycles. The van der Waals surface area contributed by atoms with Crippen LogP contribution in [0.25, 0.3) is 0 Å². The zero-order chi connectivity index (χ0) is 13.8. The third-order valence-corrected chi connectivity index (χ3v) is 2.56. The van der Waals surface area contributed by atoms with Gasteiger partial charge in [-0.2, -0.15) is 0 Å². The number of aliphatic hydroxyl groups excluding tert-OH is 1. The van der Waals surface area contributed by atoms with E-state index in [0.29, 0.717) is 12.0 Å². The fraction of sp³-hybridized carbons (Fsp3) is 0.385. The average Bonchev–Trinajstić information content (AvgIpc) is 2.28. The molecule has 98 valence electrons. The van der Waals surface area contributed by atoms with Gasteiger partial charge in [-0.1, -0.05) is 6.07 Å². The minimum absolute atomic E-state index is 0.0254. The number of hydrogen-bond acceptors (Lipinski definition) is 3. The first-order valence-electron chi connectivity index (χ1n) is 5.62. The van der Waals surface area contributed by atoms with E-state index >= 15 is 0 Å². The number of benzene rings is 1. The van der Waals surface area contributed by atoms with Crippen LogP contribution in [0.4, 0.5) is 0 Å². The van der Waals surface area contributed by atoms with Crippen molar-refractivity contribution in [2.45, 2.75) is 25.8 Å². The topological polar surface area (TPSA) is 86.6 Å². The highest BCUT2D eigenvalue weighted by molar-refractivity contribution is 5.97. The molecule has 0 radical (unpaired) electrons. The molecule has 18 heavy (non-hydrogen) atoms. The van der Waals surface area contributed by atoms with Gasteiger partial charge < -0.3 is 15.5 Å². The summed E-state index contributed by atoms with van der Waals surface area (Å²) in [5.74, 6) is -1.42. The summed E-state index contributed by atoms with van der Waals surface area (Å²) in [6.45, 7) is 3.56. The van der Waals surface area contributed by atoms with Gasteiger partial charge in [0.2, 0.25) is 0 Å². The van der Waals surface area contributed by atoms with Crippen LogP contribution in [0.15, 0.2) is 24.3 Å². The Balaban J connectivity index is 2.84. The summed E-state index contributed by atoms with van der Waals surface area (Å²) in [6, 6.07) is 5.83. The zero-order valence-corrected chi connectivity index (χ0v) is 10.4. The molecular formula is C13H17NO4. The zero-order valence-electron chi connectivity index (χ0n) is 10.4. The number of carboxylic acid groups (broad SMARTS) is 1. The number of aliphatic hydroxyl groups is 1. The quantitative estimate of drug-likeness (QED) is 0.735. The normalized spacial score (nSPS) is 11.1. The predicted molar refractivity (Wildman–Crippen MR) is 66.6 cm³/mol. The summed E-state index contributed by atoms with van der Waals surface area (Å²) in [5, 5.41) is 20.5. The van der Waals surface area contributed by atoms with Crippen molar-refractivity contribution in [1.29, 1.82) is 0 Å². The van der Waals surface area contributed by atoms with Crippen molar-refractivity contribution < 1.29 is 19.8 Å². The Hall–Kier alpha value is -1.88. The number of carboxylic acids is 1. The first kappa shape index (κ1) is 14.2. The van der Waals surface area contributed by atoms with Gasteiger partial charge in [0, 0.05) is 17.7 Å². The summed E-state index contributed by atoms with van der Waals surface area (Å²) in [5.41, 5.74) is -0.172. The standard InChI is InChI=1S/C13H17NO4/c1-13(2,6-7-15)14-11(16)9-4-3-5-10(8-9)12(17)18/h3-5,8,15H,6-7H2,1-2H3,(H,14,16)(H,17,18). The molecular weight excluding hydrogens is 234 g/mol. The lowest BCUT2D eigenvalue weighted by atomic mass is 10.0. The van der Waals surface area contributed by atoms with Gasteiger partial charge in [0.25, 0.3) is 5.91 Å². The molecule has 1 aromatic carbocycles. The van der Waals surface area contributed by atoms with Crippen LogP contribution >= 0.6 is 0 Å². The van der Waals surface area contributed by atoms with E-state index in [9.17, 15) is 9.59 Å². The Kier molecular flexibility index (Phi) is 4.44. The molecule has 0 aliphatic carbocycles. The summed E-state index contributed by atoms with van der Waals surface area (Å²) in [7, 11) is 0. The summed E-state index contributed by atoms with van der Waals surface area (Å²) >= 11 is 0. The SMILES string of the molecule is CC(C)(CCO)NC(=O)c1cccc(C(=O)O)c1. The molecule has 0 saturated heterocycles. The van der Waals surface area contributed by atoms with Gasteiger partial charge in [-0.3, -0.25) is 4.79 Å². The summed E-state index contributed by atoms with van der Waals surface area (Å²) < 4.78 is 0. The van der Waals surface area contributed by atoms with E-state index in [1.165, 1.54) is 18.2 Å². The van der Waals surface area contributed by atoms with E-state index in [0.717, 1.165) is 0 Å². The highest BCUT2D eigenvalue weighted by atomic mass is 16.4. The number of rotatable bonds is 5. The smallest absolute Gasteiger partial charge is 0.335 e. The number of amides is 1. The lowest BCUT2D eigenvalue weighted by molar-refractivity contribution is 0.0697. The van der Waals surface area contributed by atoms with Crippen LogP contribution in [0.3, 0.4) is 0 Å². The molecule has 0 heterocycles. The minimum atomic E-state index is -1.07. The first-order valence-corrected chi connectivity index (χ1v) is 5.62. The van der Waals surface area contributed by atoms with Crippen molar-refractivity contribution >= 4 is 11.9 Å². The van der Waals surface area contributed by atoms with Gasteiger partial charge in [0.1, 0.15) is 0 Å². The molecule has 0 bridgehead atoms. The van der Waals surface area contributed by atoms with Gasteiger partial charge in [-0.05, 0) is 38.5 Å². The van der Waals surface area contributed by atoms with E-state index in [1.807, 2.05) is 0 Å². The van der Waals surface area contributed by atoms with Gasteiger partial charge in [-0.15, -0.1) is 0 Å². The Bertz CT molecular complexity index is 454. The number of carbonyl (C=O) groups excluding carboxylic acids is 1. The van der Waals surface area contributed by atoms with Crippen LogP contribution in [0.5, 0.6) is 0 Å². The van der Waals surface area contributed by atoms with Crippen molar-refractivity contribution in [2.75, 3.05) is 6.61 Å². The van der Waals surface area contributed by atoms with E-state index in [1.54, 1.807) is 19.9 Å². The molecule has 5 nitrogen and oxygen atoms in total. The number of nitrogens with one attached hydrogen (secondary N) is 1. The van der Waals surface area contributed by atoms with E-state index in [-0.39, 0.29) is 18.1 Å². The lowest BCUT2D eigenvalue weighted by Crippen LogP contribution is -2.44. The Labute approximate surface area is 105 Å². The maximum atomic E-state index is 11.9. The largest absolute Gasteiger partial charge is 0.478 e. The second kappa shape index (κ2) is 5.64. The van der Waals surface area contributed by atoms with Gasteiger partial charge in [0.15, 0.2) is 0 Å².